The van der Waals surface area contributed by atoms with Gasteiger partial charge in [-0.15, -0.1) is 22.0 Å². The maximum absolute atomic E-state index is 9.16. The molecule has 1 aliphatic rings. The summed E-state index contributed by atoms with van der Waals surface area (Å²) in [7, 11) is 0. The topological polar surface area (TPSA) is 57.3 Å². The third-order valence-electron chi connectivity index (χ3n) is 2.01. The van der Waals surface area contributed by atoms with E-state index in [0.717, 1.165) is 5.56 Å². The smallest absolute Gasteiger partial charge is 0.244 e. The molecule has 72 valence electrons. The number of nitrogens with zero attached hydrogens (tertiary/aromatic N) is 3. The predicted octanol–water partition coefficient (Wildman–Crippen LogP) is 2.36. The maximum atomic E-state index is 9.16. The SMILES string of the molecule is CSC1(c2ccc(O)cc2)N=CN=N1. The molecule has 1 aromatic carbocycles. The Morgan fingerprint density at radius 3 is 2.50 bits per heavy atom. The van der Waals surface area contributed by atoms with Crippen LogP contribution in [0, 0.1) is 0 Å². The minimum Gasteiger partial charge on any atom is -0.508 e. The number of hydrogen-bond donors (Lipinski definition) is 1. The van der Waals surface area contributed by atoms with E-state index in [2.05, 4.69) is 15.2 Å². The standard InChI is InChI=1S/C9H9N3OS/c1-14-9(10-6-11-12-9)7-2-4-8(13)5-3-7/h2-6,13H,1H3. The number of phenolic OH excluding ortho intramolecular Hbond substituents is 1. The molecule has 0 saturated heterocycles. The molecule has 0 spiro atoms. The minimum atomic E-state index is -0.645. The fourth-order valence-corrected chi connectivity index (χ4v) is 1.91. The zero-order chi connectivity index (χ0) is 10.0. The molecule has 1 heterocycles. The van der Waals surface area contributed by atoms with Gasteiger partial charge in [-0.2, -0.15) is 0 Å². The van der Waals surface area contributed by atoms with Crippen molar-refractivity contribution in [1.29, 1.82) is 0 Å². The van der Waals surface area contributed by atoms with Crippen molar-refractivity contribution in [1.82, 2.24) is 0 Å². The lowest BCUT2D eigenvalue weighted by molar-refractivity contribution is 0.474. The molecule has 4 nitrogen and oxygen atoms in total. The number of phenols is 1. The van der Waals surface area contributed by atoms with Gasteiger partial charge in [-0.1, -0.05) is 0 Å². The van der Waals surface area contributed by atoms with Crippen molar-refractivity contribution in [3.8, 4) is 5.75 Å². The summed E-state index contributed by atoms with van der Waals surface area (Å²) in [5.74, 6) is 0.240. The zero-order valence-electron chi connectivity index (χ0n) is 7.58. The van der Waals surface area contributed by atoms with Gasteiger partial charge in [0.1, 0.15) is 12.1 Å². The van der Waals surface area contributed by atoms with Gasteiger partial charge in [-0.25, -0.2) is 4.99 Å². The quantitative estimate of drug-likeness (QED) is 0.809. The summed E-state index contributed by atoms with van der Waals surface area (Å²) >= 11 is 1.50. The molecule has 0 radical (unpaired) electrons. The van der Waals surface area contributed by atoms with Crippen molar-refractivity contribution in [2.75, 3.05) is 6.26 Å². The summed E-state index contributed by atoms with van der Waals surface area (Å²) in [4.78, 5) is 3.56. The summed E-state index contributed by atoms with van der Waals surface area (Å²) in [6, 6.07) is 6.84. The predicted molar refractivity (Wildman–Crippen MR) is 56.6 cm³/mol. The van der Waals surface area contributed by atoms with Crippen molar-refractivity contribution < 1.29 is 5.11 Å². The second-order valence-corrected chi connectivity index (χ2v) is 3.80. The Kier molecular flexibility index (Phi) is 2.25. The van der Waals surface area contributed by atoms with E-state index < -0.39 is 4.99 Å². The van der Waals surface area contributed by atoms with Crippen LogP contribution in [0.5, 0.6) is 5.75 Å². The van der Waals surface area contributed by atoms with E-state index in [-0.39, 0.29) is 5.75 Å². The first-order chi connectivity index (χ1) is 6.77. The molecule has 1 unspecified atom stereocenters. The van der Waals surface area contributed by atoms with Gasteiger partial charge in [-0.05, 0) is 30.5 Å². The van der Waals surface area contributed by atoms with Crippen molar-refractivity contribution in [2.45, 2.75) is 4.99 Å². The number of aliphatic imine (C=N–C) groups is 1. The second kappa shape index (κ2) is 3.42. The van der Waals surface area contributed by atoms with Gasteiger partial charge in [0.05, 0.1) is 0 Å². The second-order valence-electron chi connectivity index (χ2n) is 2.82. The lowest BCUT2D eigenvalue weighted by Gasteiger charge is -2.18. The average Bonchev–Trinajstić information content (AvgIpc) is 2.68. The van der Waals surface area contributed by atoms with Crippen LogP contribution in [-0.4, -0.2) is 17.7 Å². The lowest BCUT2D eigenvalue weighted by atomic mass is 10.2. The summed E-state index contributed by atoms with van der Waals surface area (Å²) in [6.45, 7) is 0. The highest BCUT2D eigenvalue weighted by atomic mass is 32.2. The molecule has 14 heavy (non-hydrogen) atoms. The third-order valence-corrected chi connectivity index (χ3v) is 3.00. The van der Waals surface area contributed by atoms with Gasteiger partial charge in [0.15, 0.2) is 0 Å². The fourth-order valence-electron chi connectivity index (χ4n) is 1.26. The molecule has 0 fully saturated rings. The summed E-state index contributed by atoms with van der Waals surface area (Å²) in [5, 5.41) is 17.0. The summed E-state index contributed by atoms with van der Waals surface area (Å²) in [6.07, 6.45) is 3.37. The molecule has 1 N–H and O–H groups in total. The summed E-state index contributed by atoms with van der Waals surface area (Å²) in [5.41, 5.74) is 0.917. The highest BCUT2D eigenvalue weighted by Crippen LogP contribution is 2.40. The molecule has 0 bridgehead atoms. The van der Waals surface area contributed by atoms with Crippen molar-refractivity contribution in [2.24, 2.45) is 15.2 Å². The third kappa shape index (κ3) is 1.39. The van der Waals surface area contributed by atoms with E-state index in [1.165, 1.54) is 18.1 Å². The Labute approximate surface area is 85.8 Å². The van der Waals surface area contributed by atoms with Crippen molar-refractivity contribution in [3.05, 3.63) is 29.8 Å². The first-order valence-corrected chi connectivity index (χ1v) is 5.30. The van der Waals surface area contributed by atoms with Gasteiger partial charge in [0.2, 0.25) is 4.99 Å². The van der Waals surface area contributed by atoms with E-state index >= 15 is 0 Å². The van der Waals surface area contributed by atoms with E-state index in [9.17, 15) is 0 Å². The molecule has 0 amide bonds. The molecule has 1 atom stereocenters. The zero-order valence-corrected chi connectivity index (χ0v) is 8.40. The van der Waals surface area contributed by atoms with Crippen LogP contribution in [0.25, 0.3) is 0 Å². The Morgan fingerprint density at radius 1 is 1.29 bits per heavy atom. The van der Waals surface area contributed by atoms with Gasteiger partial charge in [-0.3, -0.25) is 0 Å². The molecule has 5 heteroatoms. The molecule has 0 saturated carbocycles. The molecule has 0 aliphatic carbocycles. The van der Waals surface area contributed by atoms with Crippen LogP contribution in [0.4, 0.5) is 0 Å². The Balaban J connectivity index is 2.42. The number of hydrogen-bond acceptors (Lipinski definition) is 5. The lowest BCUT2D eigenvalue weighted by Crippen LogP contribution is -2.12. The van der Waals surface area contributed by atoms with Crippen LogP contribution in [0.3, 0.4) is 0 Å². The van der Waals surface area contributed by atoms with E-state index in [1.807, 2.05) is 6.26 Å². The van der Waals surface area contributed by atoms with Gasteiger partial charge in [0.25, 0.3) is 0 Å². The van der Waals surface area contributed by atoms with E-state index in [0.29, 0.717) is 0 Å². The number of aromatic hydroxyl groups is 1. The van der Waals surface area contributed by atoms with Crippen molar-refractivity contribution in [3.63, 3.8) is 0 Å². The highest BCUT2D eigenvalue weighted by Gasteiger charge is 2.32. The molecule has 1 aromatic rings. The molecular weight excluding hydrogens is 198 g/mol. The summed E-state index contributed by atoms with van der Waals surface area (Å²) < 4.78 is 0. The normalized spacial score (nSPS) is 24.4. The van der Waals surface area contributed by atoms with Crippen LogP contribution in [0.2, 0.25) is 0 Å². The van der Waals surface area contributed by atoms with E-state index in [4.69, 9.17) is 5.11 Å². The highest BCUT2D eigenvalue weighted by molar-refractivity contribution is 7.99. The monoisotopic (exact) mass is 207 g/mol. The van der Waals surface area contributed by atoms with E-state index in [1.54, 1.807) is 24.3 Å². The van der Waals surface area contributed by atoms with Gasteiger partial charge < -0.3 is 5.11 Å². The van der Waals surface area contributed by atoms with Gasteiger partial charge in [0, 0.05) is 5.56 Å². The number of azo groups is 1. The van der Waals surface area contributed by atoms with Crippen molar-refractivity contribution >= 4 is 18.1 Å². The first-order valence-electron chi connectivity index (χ1n) is 4.07. The first kappa shape index (κ1) is 9.21. The minimum absolute atomic E-state index is 0.240. The Hall–Kier alpha value is -1.36. The molecular formula is C9H9N3OS. The Morgan fingerprint density at radius 2 is 2.00 bits per heavy atom. The van der Waals surface area contributed by atoms with Crippen LogP contribution < -0.4 is 0 Å². The van der Waals surface area contributed by atoms with Crippen LogP contribution >= 0.6 is 11.8 Å². The molecule has 0 aromatic heterocycles. The van der Waals surface area contributed by atoms with Gasteiger partial charge >= 0.3 is 0 Å². The number of rotatable bonds is 2. The van der Waals surface area contributed by atoms with Crippen LogP contribution in [0.15, 0.2) is 39.5 Å². The molecule has 2 rings (SSSR count). The Bertz CT molecular complexity index is 374. The molecule has 1 aliphatic heterocycles. The number of thioether (sulfide) groups is 1. The van der Waals surface area contributed by atoms with Crippen LogP contribution in [0.1, 0.15) is 5.56 Å². The largest absolute Gasteiger partial charge is 0.508 e. The van der Waals surface area contributed by atoms with Crippen LogP contribution in [-0.2, 0) is 4.99 Å². The number of benzene rings is 1. The average molecular weight is 207 g/mol. The fraction of sp³-hybridized carbons (Fsp3) is 0.222. The maximum Gasteiger partial charge on any atom is 0.244 e.